The van der Waals surface area contributed by atoms with Crippen LogP contribution in [0, 0.1) is 17.7 Å². The van der Waals surface area contributed by atoms with Crippen molar-refractivity contribution < 1.29 is 9.90 Å². The Morgan fingerprint density at radius 1 is 1.21 bits per heavy atom. The van der Waals surface area contributed by atoms with Crippen LogP contribution in [-0.2, 0) is 17.3 Å². The fourth-order valence-electron chi connectivity index (χ4n) is 4.26. The summed E-state index contributed by atoms with van der Waals surface area (Å²) in [5.41, 5.74) is 7.10. The average Bonchev–Trinajstić information content (AvgIpc) is 2.66. The second-order valence-corrected chi connectivity index (χ2v) is 10.8. The first kappa shape index (κ1) is 21.6. The minimum atomic E-state index is -0.968. The summed E-state index contributed by atoms with van der Waals surface area (Å²) in [6, 6.07) is 5.64. The number of benzene rings is 1. The van der Waals surface area contributed by atoms with Crippen molar-refractivity contribution in [2.75, 3.05) is 0 Å². The Kier molecular flexibility index (Phi) is 5.95. The van der Waals surface area contributed by atoms with Crippen LogP contribution in [0.3, 0.4) is 0 Å². The van der Waals surface area contributed by atoms with E-state index < -0.39 is 5.97 Å². The zero-order valence-electron chi connectivity index (χ0n) is 18.1. The van der Waals surface area contributed by atoms with Crippen molar-refractivity contribution in [3.63, 3.8) is 0 Å². The van der Waals surface area contributed by atoms with E-state index in [-0.39, 0.29) is 31.4 Å². The van der Waals surface area contributed by atoms with Crippen molar-refractivity contribution in [2.24, 2.45) is 0 Å². The number of hydrogen-bond donors (Lipinski definition) is 1. The van der Waals surface area contributed by atoms with Gasteiger partial charge in [0.25, 0.3) is 0 Å². The van der Waals surface area contributed by atoms with Gasteiger partial charge in [-0.2, -0.15) is 0 Å². The molecular weight excluding hydrogens is 425 g/mol. The molecule has 0 amide bonds. The molecule has 152 valence electrons. The second-order valence-electron chi connectivity index (χ2n) is 9.11. The average molecular weight is 454 g/mol. The number of carboxylic acids is 1. The molecule has 1 aliphatic carbocycles. The third-order valence-electron chi connectivity index (χ3n) is 6.04. The first-order valence-corrected chi connectivity index (χ1v) is 11.8. The molecule has 0 fully saturated rings. The summed E-state index contributed by atoms with van der Waals surface area (Å²) in [7, 11) is 0. The van der Waals surface area contributed by atoms with Crippen molar-refractivity contribution in [1.82, 2.24) is 4.98 Å². The SMILES string of the molecule is CCc1c([Se]C#Cc2ccc(C(=O)O)cn2)c(C)cc2c1C(C)(C)CCC2(C)C. The molecule has 3 rings (SSSR count). The molecule has 1 aromatic heterocycles. The Balaban J connectivity index is 2.00. The first-order valence-electron chi connectivity index (χ1n) is 10.1. The summed E-state index contributed by atoms with van der Waals surface area (Å²) in [5.74, 6) is 2.16. The second kappa shape index (κ2) is 7.98. The van der Waals surface area contributed by atoms with Crippen LogP contribution >= 0.6 is 0 Å². The van der Waals surface area contributed by atoms with Gasteiger partial charge in [-0.05, 0) is 0 Å². The summed E-state index contributed by atoms with van der Waals surface area (Å²) in [4.78, 5) is 18.5. The van der Waals surface area contributed by atoms with E-state index in [0.29, 0.717) is 5.69 Å². The van der Waals surface area contributed by atoms with Crippen LogP contribution in [0.15, 0.2) is 24.4 Å². The first-order chi connectivity index (χ1) is 13.6. The van der Waals surface area contributed by atoms with E-state index in [2.05, 4.69) is 63.3 Å². The van der Waals surface area contributed by atoms with E-state index >= 15 is 0 Å². The van der Waals surface area contributed by atoms with Crippen LogP contribution in [0.4, 0.5) is 0 Å². The van der Waals surface area contributed by atoms with E-state index in [4.69, 9.17) is 5.11 Å². The zero-order valence-corrected chi connectivity index (χ0v) is 19.9. The fourth-order valence-corrected chi connectivity index (χ4v) is 6.04. The fraction of sp³-hybridized carbons (Fsp3) is 0.440. The van der Waals surface area contributed by atoms with E-state index in [1.54, 1.807) is 17.7 Å². The molecule has 0 spiro atoms. The van der Waals surface area contributed by atoms with E-state index in [9.17, 15) is 4.79 Å². The van der Waals surface area contributed by atoms with Crippen molar-refractivity contribution in [1.29, 1.82) is 0 Å². The van der Waals surface area contributed by atoms with Crippen molar-refractivity contribution in [3.05, 3.63) is 57.9 Å². The molecule has 2 aromatic rings. The number of pyridine rings is 1. The molecule has 1 aromatic carbocycles. The number of carboxylic acid groups (broad SMARTS) is 1. The van der Waals surface area contributed by atoms with Gasteiger partial charge in [-0.1, -0.05) is 0 Å². The van der Waals surface area contributed by atoms with Crippen molar-refractivity contribution >= 4 is 25.4 Å². The van der Waals surface area contributed by atoms with Crippen molar-refractivity contribution in [2.45, 2.75) is 71.6 Å². The number of fused-ring (bicyclic) bond motifs is 1. The Labute approximate surface area is 180 Å². The maximum atomic E-state index is 11.0. The van der Waals surface area contributed by atoms with Gasteiger partial charge in [-0.3, -0.25) is 0 Å². The number of aromatic carboxylic acids is 1. The maximum absolute atomic E-state index is 11.0. The van der Waals surface area contributed by atoms with E-state index in [1.807, 2.05) is 0 Å². The summed E-state index contributed by atoms with van der Waals surface area (Å²) < 4.78 is 1.40. The van der Waals surface area contributed by atoms with Gasteiger partial charge in [0.2, 0.25) is 0 Å². The minimum absolute atomic E-state index is 0.0231. The molecular formula is C25H29NO2Se. The molecule has 1 aliphatic rings. The Morgan fingerprint density at radius 3 is 2.48 bits per heavy atom. The summed E-state index contributed by atoms with van der Waals surface area (Å²) in [6.45, 7) is 14.0. The molecule has 3 nitrogen and oxygen atoms in total. The molecule has 0 unspecified atom stereocenters. The van der Waals surface area contributed by atoms with Crippen LogP contribution < -0.4 is 4.46 Å². The number of nitrogens with zero attached hydrogens (tertiary/aromatic N) is 1. The molecule has 0 radical (unpaired) electrons. The number of hydrogen-bond acceptors (Lipinski definition) is 2. The molecule has 1 N–H and O–H groups in total. The number of aromatic nitrogens is 1. The van der Waals surface area contributed by atoms with E-state index in [1.165, 1.54) is 40.2 Å². The Hall–Kier alpha value is -2.08. The van der Waals surface area contributed by atoms with Gasteiger partial charge < -0.3 is 0 Å². The topological polar surface area (TPSA) is 50.2 Å². The van der Waals surface area contributed by atoms with Crippen LogP contribution in [0.2, 0.25) is 0 Å². The van der Waals surface area contributed by atoms with Gasteiger partial charge >= 0.3 is 181 Å². The summed E-state index contributed by atoms with van der Waals surface area (Å²) >= 11 is 0.0231. The molecule has 0 aliphatic heterocycles. The van der Waals surface area contributed by atoms with Gasteiger partial charge in [0.1, 0.15) is 0 Å². The normalized spacial score (nSPS) is 16.5. The molecule has 0 saturated heterocycles. The predicted octanol–water partition coefficient (Wildman–Crippen LogP) is 4.34. The number of rotatable bonds is 3. The van der Waals surface area contributed by atoms with Crippen LogP contribution in [0.1, 0.15) is 85.8 Å². The van der Waals surface area contributed by atoms with Gasteiger partial charge in [-0.25, -0.2) is 0 Å². The van der Waals surface area contributed by atoms with Gasteiger partial charge in [0, 0.05) is 0 Å². The molecule has 4 heteroatoms. The van der Waals surface area contributed by atoms with E-state index in [0.717, 1.165) is 6.42 Å². The number of aryl methyl sites for hydroxylation is 1. The van der Waals surface area contributed by atoms with Gasteiger partial charge in [0.05, 0.1) is 0 Å². The quantitative estimate of drug-likeness (QED) is 0.555. The van der Waals surface area contributed by atoms with Crippen LogP contribution in [0.5, 0.6) is 0 Å². The van der Waals surface area contributed by atoms with Crippen LogP contribution in [-0.4, -0.2) is 31.0 Å². The molecule has 0 bridgehead atoms. The molecule has 0 saturated carbocycles. The monoisotopic (exact) mass is 455 g/mol. The molecule has 0 atom stereocenters. The number of carbonyl (C=O) groups is 1. The van der Waals surface area contributed by atoms with Crippen molar-refractivity contribution in [3.8, 4) is 10.7 Å². The van der Waals surface area contributed by atoms with Gasteiger partial charge in [-0.15, -0.1) is 0 Å². The molecule has 29 heavy (non-hydrogen) atoms. The van der Waals surface area contributed by atoms with Gasteiger partial charge in [0.15, 0.2) is 0 Å². The zero-order chi connectivity index (χ0) is 21.4. The summed E-state index contributed by atoms with van der Waals surface area (Å²) in [5, 5.41) is 8.99. The third kappa shape index (κ3) is 4.27. The molecule has 1 heterocycles. The van der Waals surface area contributed by atoms with Crippen LogP contribution in [0.25, 0.3) is 0 Å². The standard InChI is InChI=1S/C25H29NO2Se/c1-7-19-21-20(24(3,4)11-12-25(21,5)6)14-16(2)22(19)29-13-10-18-9-8-17(15-26-18)23(27)28/h8-9,14-15H,7,11-12H2,1-6H3,(H,27,28). The predicted molar refractivity (Wildman–Crippen MR) is 119 cm³/mol. The third-order valence-corrected chi connectivity index (χ3v) is 8.09. The summed E-state index contributed by atoms with van der Waals surface area (Å²) in [6.07, 6.45) is 4.82. The Bertz CT molecular complexity index is 1010. The Morgan fingerprint density at radius 2 is 1.90 bits per heavy atom.